The van der Waals surface area contributed by atoms with Crippen LogP contribution in [0.15, 0.2) is 24.3 Å². The molecule has 124 valence electrons. The molecule has 3 amide bonds. The van der Waals surface area contributed by atoms with Crippen molar-refractivity contribution in [3.05, 3.63) is 29.8 Å². The molecule has 0 aliphatic carbocycles. The lowest BCUT2D eigenvalue weighted by Gasteiger charge is -2.33. The fraction of sp³-hybridized carbons (Fsp3) is 0.400. The lowest BCUT2D eigenvalue weighted by Crippen LogP contribution is -2.53. The van der Waals surface area contributed by atoms with Crippen LogP contribution in [-0.4, -0.2) is 66.8 Å². The van der Waals surface area contributed by atoms with Gasteiger partial charge in [-0.15, -0.1) is 0 Å². The van der Waals surface area contributed by atoms with Crippen molar-refractivity contribution in [2.24, 2.45) is 5.73 Å². The molecule has 8 heteroatoms. The first-order valence-electron chi connectivity index (χ1n) is 7.44. The first-order valence-corrected chi connectivity index (χ1v) is 7.44. The largest absolute Gasteiger partial charge is 0.399 e. The summed E-state index contributed by atoms with van der Waals surface area (Å²) in [6.07, 6.45) is 0. The summed E-state index contributed by atoms with van der Waals surface area (Å²) in [5.74, 6) is -2.23. The Morgan fingerprint density at radius 2 is 1.65 bits per heavy atom. The topological polar surface area (TPSA) is 122 Å². The molecule has 0 bridgehead atoms. The number of nitrogens with zero attached hydrogens (tertiary/aromatic N) is 2. The van der Waals surface area contributed by atoms with Gasteiger partial charge in [0.15, 0.2) is 0 Å². The third kappa shape index (κ3) is 4.51. The molecule has 1 heterocycles. The van der Waals surface area contributed by atoms with Gasteiger partial charge >= 0.3 is 11.8 Å². The van der Waals surface area contributed by atoms with Gasteiger partial charge in [-0.1, -0.05) is 0 Å². The van der Waals surface area contributed by atoms with Crippen LogP contribution in [0.1, 0.15) is 10.4 Å². The molecule has 0 atom stereocenters. The number of carbonyl (C=O) groups is 3. The van der Waals surface area contributed by atoms with Crippen LogP contribution in [0.3, 0.4) is 0 Å². The molecule has 0 unspecified atom stereocenters. The van der Waals surface area contributed by atoms with E-state index in [-0.39, 0.29) is 5.56 Å². The molecular weight excluding hydrogens is 298 g/mol. The first-order chi connectivity index (χ1) is 11.0. The van der Waals surface area contributed by atoms with Crippen molar-refractivity contribution in [1.29, 1.82) is 0 Å². The van der Waals surface area contributed by atoms with Crippen LogP contribution in [-0.2, 0) is 9.59 Å². The minimum atomic E-state index is -0.918. The van der Waals surface area contributed by atoms with Gasteiger partial charge in [-0.3, -0.25) is 24.6 Å². The molecule has 23 heavy (non-hydrogen) atoms. The Labute approximate surface area is 134 Å². The second-order valence-electron chi connectivity index (χ2n) is 5.33. The van der Waals surface area contributed by atoms with E-state index in [4.69, 9.17) is 11.5 Å². The molecule has 8 nitrogen and oxygen atoms in total. The Balaban J connectivity index is 1.87. The highest BCUT2D eigenvalue weighted by atomic mass is 16.2. The Kier molecular flexibility index (Phi) is 5.67. The van der Waals surface area contributed by atoms with Gasteiger partial charge in [-0.25, -0.2) is 0 Å². The van der Waals surface area contributed by atoms with Crippen molar-refractivity contribution in [2.45, 2.75) is 0 Å². The maximum absolute atomic E-state index is 12.1. The van der Waals surface area contributed by atoms with Gasteiger partial charge in [0.1, 0.15) is 0 Å². The van der Waals surface area contributed by atoms with E-state index in [0.29, 0.717) is 38.4 Å². The van der Waals surface area contributed by atoms with E-state index in [1.165, 1.54) is 17.0 Å². The molecule has 1 aliphatic rings. The predicted octanol–water partition coefficient (Wildman–Crippen LogP) is -1.37. The molecule has 0 radical (unpaired) electrons. The molecule has 5 N–H and O–H groups in total. The number of benzene rings is 1. The highest BCUT2D eigenvalue weighted by molar-refractivity contribution is 6.38. The average Bonchev–Trinajstić information content (AvgIpc) is 2.55. The predicted molar refractivity (Wildman–Crippen MR) is 85.4 cm³/mol. The minimum absolute atomic E-state index is 0.271. The summed E-state index contributed by atoms with van der Waals surface area (Å²) < 4.78 is 0. The normalized spacial score (nSPS) is 15.3. The van der Waals surface area contributed by atoms with Crippen LogP contribution >= 0.6 is 0 Å². The standard InChI is InChI=1S/C15H21N5O3/c16-5-6-19-7-9-20(10-8-19)15(23)14(22)18-13(21)11-1-3-12(17)4-2-11/h1-4H,5-10,16-17H2,(H,18,21,22). The van der Waals surface area contributed by atoms with E-state index in [0.717, 1.165) is 6.54 Å². The number of hydrogen-bond donors (Lipinski definition) is 3. The summed E-state index contributed by atoms with van der Waals surface area (Å²) in [6.45, 7) is 3.56. The summed E-state index contributed by atoms with van der Waals surface area (Å²) >= 11 is 0. The SMILES string of the molecule is NCCN1CCN(C(=O)C(=O)NC(=O)c2ccc(N)cc2)CC1. The van der Waals surface area contributed by atoms with Crippen LogP contribution in [0.4, 0.5) is 5.69 Å². The van der Waals surface area contributed by atoms with E-state index >= 15 is 0 Å². The maximum atomic E-state index is 12.1. The summed E-state index contributed by atoms with van der Waals surface area (Å²) in [6, 6.07) is 6.10. The quantitative estimate of drug-likeness (QED) is 0.467. The smallest absolute Gasteiger partial charge is 0.316 e. The van der Waals surface area contributed by atoms with Crippen LogP contribution in [0.2, 0.25) is 0 Å². The van der Waals surface area contributed by atoms with Crippen LogP contribution in [0.25, 0.3) is 0 Å². The van der Waals surface area contributed by atoms with Crippen molar-refractivity contribution >= 4 is 23.4 Å². The number of amides is 3. The van der Waals surface area contributed by atoms with E-state index in [9.17, 15) is 14.4 Å². The number of nitrogens with two attached hydrogens (primary N) is 2. The van der Waals surface area contributed by atoms with Crippen molar-refractivity contribution in [3.8, 4) is 0 Å². The zero-order chi connectivity index (χ0) is 16.8. The Bertz CT molecular complexity index is 579. The van der Waals surface area contributed by atoms with Gasteiger partial charge in [0.25, 0.3) is 5.91 Å². The van der Waals surface area contributed by atoms with Crippen molar-refractivity contribution < 1.29 is 14.4 Å². The fourth-order valence-corrected chi connectivity index (χ4v) is 2.36. The average molecular weight is 319 g/mol. The van der Waals surface area contributed by atoms with Crippen LogP contribution < -0.4 is 16.8 Å². The summed E-state index contributed by atoms with van der Waals surface area (Å²) in [5, 5.41) is 2.11. The number of rotatable bonds is 3. The van der Waals surface area contributed by atoms with Crippen LogP contribution in [0.5, 0.6) is 0 Å². The summed E-state index contributed by atoms with van der Waals surface area (Å²) in [7, 11) is 0. The second-order valence-corrected chi connectivity index (χ2v) is 5.33. The van der Waals surface area contributed by atoms with E-state index < -0.39 is 17.7 Å². The second kappa shape index (κ2) is 7.70. The molecule has 1 fully saturated rings. The Hall–Kier alpha value is -2.45. The molecule has 0 spiro atoms. The summed E-state index contributed by atoms with van der Waals surface area (Å²) in [5.41, 5.74) is 11.8. The first kappa shape index (κ1) is 16.9. The van der Waals surface area contributed by atoms with E-state index in [1.54, 1.807) is 12.1 Å². The van der Waals surface area contributed by atoms with Crippen molar-refractivity contribution in [3.63, 3.8) is 0 Å². The minimum Gasteiger partial charge on any atom is -0.399 e. The molecule has 1 aromatic carbocycles. The molecule has 1 aliphatic heterocycles. The lowest BCUT2D eigenvalue weighted by molar-refractivity contribution is -0.146. The van der Waals surface area contributed by atoms with E-state index in [2.05, 4.69) is 10.2 Å². The number of carbonyl (C=O) groups excluding carboxylic acids is 3. The monoisotopic (exact) mass is 319 g/mol. The highest BCUT2D eigenvalue weighted by Gasteiger charge is 2.27. The highest BCUT2D eigenvalue weighted by Crippen LogP contribution is 2.06. The number of anilines is 1. The van der Waals surface area contributed by atoms with Crippen molar-refractivity contribution in [1.82, 2.24) is 15.1 Å². The molecular formula is C15H21N5O3. The number of nitrogens with one attached hydrogen (secondary N) is 1. The molecule has 1 saturated heterocycles. The number of hydrogen-bond acceptors (Lipinski definition) is 6. The van der Waals surface area contributed by atoms with E-state index in [1.807, 2.05) is 0 Å². The van der Waals surface area contributed by atoms with Gasteiger partial charge in [0.2, 0.25) is 0 Å². The van der Waals surface area contributed by atoms with Gasteiger partial charge < -0.3 is 16.4 Å². The third-order valence-electron chi connectivity index (χ3n) is 3.70. The molecule has 0 aromatic heterocycles. The van der Waals surface area contributed by atoms with Crippen molar-refractivity contribution in [2.75, 3.05) is 45.0 Å². The number of piperazine rings is 1. The third-order valence-corrected chi connectivity index (χ3v) is 3.70. The van der Waals surface area contributed by atoms with Gasteiger partial charge in [-0.2, -0.15) is 0 Å². The Morgan fingerprint density at radius 1 is 1.04 bits per heavy atom. The zero-order valence-corrected chi connectivity index (χ0v) is 12.8. The van der Waals surface area contributed by atoms with Gasteiger partial charge in [-0.05, 0) is 24.3 Å². The number of nitrogen functional groups attached to an aromatic ring is 1. The fourth-order valence-electron chi connectivity index (χ4n) is 2.36. The molecule has 0 saturated carbocycles. The lowest BCUT2D eigenvalue weighted by atomic mass is 10.2. The number of imide groups is 1. The van der Waals surface area contributed by atoms with Gasteiger partial charge in [0, 0.05) is 50.5 Å². The maximum Gasteiger partial charge on any atom is 0.316 e. The molecule has 2 rings (SSSR count). The molecule has 1 aromatic rings. The zero-order valence-electron chi connectivity index (χ0n) is 12.8. The van der Waals surface area contributed by atoms with Crippen LogP contribution in [0, 0.1) is 0 Å². The Morgan fingerprint density at radius 3 is 2.22 bits per heavy atom. The summed E-state index contributed by atoms with van der Waals surface area (Å²) in [4.78, 5) is 39.5. The van der Waals surface area contributed by atoms with Gasteiger partial charge in [0.05, 0.1) is 0 Å².